The molecule has 1 saturated heterocycles. The van der Waals surface area contributed by atoms with Crippen LogP contribution in [0.15, 0.2) is 0 Å². The summed E-state index contributed by atoms with van der Waals surface area (Å²) in [6.45, 7) is 4.98. The second-order valence-electron chi connectivity index (χ2n) is 6.84. The molecule has 8 unspecified atom stereocenters. The Bertz CT molecular complexity index is 368. The highest BCUT2D eigenvalue weighted by atomic mass is 19.1. The first-order valence-corrected chi connectivity index (χ1v) is 8.84. The summed E-state index contributed by atoms with van der Waals surface area (Å²) >= 11 is 0. The highest BCUT2D eigenvalue weighted by Crippen LogP contribution is 2.49. The molecule has 5 heteroatoms. The molecule has 3 aliphatic rings. The topological polar surface area (TPSA) is 27.7 Å². The zero-order valence-electron chi connectivity index (χ0n) is 13.5. The lowest BCUT2D eigenvalue weighted by atomic mass is 9.71. The second-order valence-corrected chi connectivity index (χ2v) is 6.84. The predicted molar refractivity (Wildman–Crippen MR) is 79.3 cm³/mol. The van der Waals surface area contributed by atoms with Crippen LogP contribution in [0.4, 0.5) is 8.78 Å². The maximum absolute atomic E-state index is 14.7. The first-order valence-electron chi connectivity index (χ1n) is 8.84. The van der Waals surface area contributed by atoms with E-state index in [0.29, 0.717) is 13.2 Å². The van der Waals surface area contributed by atoms with Crippen LogP contribution in [-0.4, -0.2) is 50.0 Å². The van der Waals surface area contributed by atoms with Crippen LogP contribution in [0.25, 0.3) is 0 Å². The summed E-state index contributed by atoms with van der Waals surface area (Å²) < 4.78 is 46.4. The molecular formula is C17H28F2O3. The van der Waals surface area contributed by atoms with Gasteiger partial charge in [0.25, 0.3) is 0 Å². The summed E-state index contributed by atoms with van der Waals surface area (Å²) in [6.07, 6.45) is 0.0468. The van der Waals surface area contributed by atoms with Gasteiger partial charge in [-0.05, 0) is 50.9 Å². The Morgan fingerprint density at radius 2 is 1.41 bits per heavy atom. The van der Waals surface area contributed by atoms with Crippen molar-refractivity contribution in [1.82, 2.24) is 0 Å². The number of alkyl halides is 2. The number of ether oxygens (including phenoxy) is 3. The van der Waals surface area contributed by atoms with Gasteiger partial charge in [-0.1, -0.05) is 6.92 Å². The van der Waals surface area contributed by atoms with E-state index in [1.807, 2.05) is 13.8 Å². The minimum atomic E-state index is -1.13. The number of fused-ring (bicyclic) bond motifs is 3. The van der Waals surface area contributed by atoms with Crippen molar-refractivity contribution in [3.8, 4) is 0 Å². The van der Waals surface area contributed by atoms with E-state index >= 15 is 0 Å². The summed E-state index contributed by atoms with van der Waals surface area (Å²) in [4.78, 5) is 0. The van der Waals surface area contributed by atoms with Crippen LogP contribution in [-0.2, 0) is 14.2 Å². The summed E-state index contributed by atoms with van der Waals surface area (Å²) in [5.74, 6) is 0.282. The molecule has 0 radical (unpaired) electrons. The zero-order valence-corrected chi connectivity index (χ0v) is 13.5. The number of halogens is 2. The van der Waals surface area contributed by atoms with Gasteiger partial charge < -0.3 is 14.2 Å². The van der Waals surface area contributed by atoms with E-state index in [1.54, 1.807) is 0 Å². The van der Waals surface area contributed by atoms with Crippen LogP contribution in [0, 0.1) is 11.8 Å². The SMILES string of the molecule is CCCOC1CCC2C3CCC(OCC)C(F)C3OC2C1F. The standard InChI is InChI=1S/C17H28F2O3/c1-3-9-21-13-8-6-11-10-5-7-12(20-4-2)14(18)16(10)22-17(11)15(13)19/h10-17H,3-9H2,1-2H3. The Morgan fingerprint density at radius 1 is 0.864 bits per heavy atom. The molecule has 0 aromatic heterocycles. The lowest BCUT2D eigenvalue weighted by molar-refractivity contribution is -0.132. The molecule has 0 spiro atoms. The molecule has 0 bridgehead atoms. The minimum Gasteiger partial charge on any atom is -0.375 e. The Labute approximate surface area is 131 Å². The van der Waals surface area contributed by atoms with Crippen molar-refractivity contribution in [3.63, 3.8) is 0 Å². The molecule has 3 rings (SSSR count). The van der Waals surface area contributed by atoms with Gasteiger partial charge in [0, 0.05) is 13.2 Å². The third kappa shape index (κ3) is 2.92. The minimum absolute atomic E-state index is 0.141. The van der Waals surface area contributed by atoms with Crippen LogP contribution >= 0.6 is 0 Å². The van der Waals surface area contributed by atoms with Crippen molar-refractivity contribution in [1.29, 1.82) is 0 Å². The molecule has 0 aromatic carbocycles. The van der Waals surface area contributed by atoms with Gasteiger partial charge in [0.2, 0.25) is 0 Å². The molecule has 3 fully saturated rings. The van der Waals surface area contributed by atoms with Crippen molar-refractivity contribution in [2.75, 3.05) is 13.2 Å². The van der Waals surface area contributed by atoms with Gasteiger partial charge >= 0.3 is 0 Å². The number of hydrogen-bond acceptors (Lipinski definition) is 3. The zero-order chi connectivity index (χ0) is 15.7. The Morgan fingerprint density at radius 3 is 1.91 bits per heavy atom. The molecule has 3 nitrogen and oxygen atoms in total. The third-order valence-electron chi connectivity index (χ3n) is 5.53. The van der Waals surface area contributed by atoms with Crippen LogP contribution in [0.1, 0.15) is 46.0 Å². The Kier molecular flexibility index (Phi) is 5.35. The first kappa shape index (κ1) is 16.6. The third-order valence-corrected chi connectivity index (χ3v) is 5.53. The van der Waals surface area contributed by atoms with Gasteiger partial charge in [-0.2, -0.15) is 0 Å². The van der Waals surface area contributed by atoms with Crippen molar-refractivity contribution < 1.29 is 23.0 Å². The predicted octanol–water partition coefficient (Wildman–Crippen LogP) is 3.45. The largest absolute Gasteiger partial charge is 0.375 e. The lowest BCUT2D eigenvalue weighted by Crippen LogP contribution is -2.45. The van der Waals surface area contributed by atoms with E-state index in [2.05, 4.69) is 0 Å². The van der Waals surface area contributed by atoms with E-state index in [-0.39, 0.29) is 17.9 Å². The van der Waals surface area contributed by atoms with Crippen LogP contribution in [0.2, 0.25) is 0 Å². The van der Waals surface area contributed by atoms with Crippen molar-refractivity contribution in [3.05, 3.63) is 0 Å². The second kappa shape index (κ2) is 7.10. The lowest BCUT2D eigenvalue weighted by Gasteiger charge is -2.37. The maximum atomic E-state index is 14.7. The highest BCUT2D eigenvalue weighted by molar-refractivity contribution is 5.04. The van der Waals surface area contributed by atoms with E-state index < -0.39 is 30.7 Å². The Hall–Kier alpha value is -0.260. The average molecular weight is 318 g/mol. The quantitative estimate of drug-likeness (QED) is 0.777. The van der Waals surface area contributed by atoms with E-state index in [0.717, 1.165) is 32.1 Å². The summed E-state index contributed by atoms with van der Waals surface area (Å²) in [5, 5.41) is 0. The van der Waals surface area contributed by atoms with Gasteiger partial charge in [0.05, 0.1) is 24.4 Å². The molecule has 0 aromatic rings. The Balaban J connectivity index is 1.66. The maximum Gasteiger partial charge on any atom is 0.152 e. The molecule has 1 heterocycles. The van der Waals surface area contributed by atoms with E-state index in [4.69, 9.17) is 14.2 Å². The van der Waals surface area contributed by atoms with Gasteiger partial charge in [0.15, 0.2) is 12.3 Å². The molecular weight excluding hydrogens is 290 g/mol. The summed E-state index contributed by atoms with van der Waals surface area (Å²) in [6, 6.07) is 0. The average Bonchev–Trinajstić information content (AvgIpc) is 2.90. The van der Waals surface area contributed by atoms with Crippen LogP contribution in [0.3, 0.4) is 0 Å². The van der Waals surface area contributed by atoms with E-state index in [9.17, 15) is 8.78 Å². The normalized spacial score (nSPS) is 48.0. The number of hydrogen-bond donors (Lipinski definition) is 0. The smallest absolute Gasteiger partial charge is 0.152 e. The molecule has 0 N–H and O–H groups in total. The summed E-state index contributed by atoms with van der Waals surface area (Å²) in [5.41, 5.74) is 0. The fraction of sp³-hybridized carbons (Fsp3) is 1.00. The first-order chi connectivity index (χ1) is 10.7. The molecule has 8 atom stereocenters. The number of rotatable bonds is 5. The molecule has 22 heavy (non-hydrogen) atoms. The molecule has 2 aliphatic carbocycles. The molecule has 1 aliphatic heterocycles. The summed E-state index contributed by atoms with van der Waals surface area (Å²) in [7, 11) is 0. The van der Waals surface area contributed by atoms with Gasteiger partial charge in [0.1, 0.15) is 0 Å². The fourth-order valence-electron chi connectivity index (χ4n) is 4.54. The van der Waals surface area contributed by atoms with Crippen molar-refractivity contribution in [2.24, 2.45) is 11.8 Å². The molecule has 128 valence electrons. The van der Waals surface area contributed by atoms with Gasteiger partial charge in [-0.25, -0.2) is 8.78 Å². The van der Waals surface area contributed by atoms with E-state index in [1.165, 1.54) is 0 Å². The molecule has 2 saturated carbocycles. The van der Waals surface area contributed by atoms with Crippen molar-refractivity contribution in [2.45, 2.75) is 82.7 Å². The van der Waals surface area contributed by atoms with Crippen LogP contribution < -0.4 is 0 Å². The highest BCUT2D eigenvalue weighted by Gasteiger charge is 2.57. The van der Waals surface area contributed by atoms with Crippen LogP contribution in [0.5, 0.6) is 0 Å². The monoisotopic (exact) mass is 318 g/mol. The fourth-order valence-corrected chi connectivity index (χ4v) is 4.54. The van der Waals surface area contributed by atoms with Crippen molar-refractivity contribution >= 4 is 0 Å². The molecule has 0 amide bonds. The van der Waals surface area contributed by atoms with Gasteiger partial charge in [-0.3, -0.25) is 0 Å². The van der Waals surface area contributed by atoms with Gasteiger partial charge in [-0.15, -0.1) is 0 Å².